The minimum Gasteiger partial charge on any atom is -0.478 e. The summed E-state index contributed by atoms with van der Waals surface area (Å²) < 4.78 is 0. The molecule has 1 N–H and O–H groups in total. The molecule has 18 heavy (non-hydrogen) atoms. The van der Waals surface area contributed by atoms with Crippen LogP contribution in [0, 0.1) is 6.92 Å². The largest absolute Gasteiger partial charge is 0.478 e. The third-order valence-corrected chi connectivity index (χ3v) is 3.71. The second-order valence-corrected chi connectivity index (χ2v) is 5.32. The van der Waals surface area contributed by atoms with Crippen LogP contribution < -0.4 is 0 Å². The van der Waals surface area contributed by atoms with Gasteiger partial charge in [-0.05, 0) is 26.7 Å². The SMILES string of the molecule is C/C=C/CSc1nc(C2CC2)nc(C)c1C(=O)O. The molecule has 1 heterocycles. The third kappa shape index (κ3) is 2.90. The van der Waals surface area contributed by atoms with Crippen LogP contribution in [0.4, 0.5) is 0 Å². The number of rotatable bonds is 5. The van der Waals surface area contributed by atoms with Gasteiger partial charge in [0, 0.05) is 11.7 Å². The summed E-state index contributed by atoms with van der Waals surface area (Å²) in [4.78, 5) is 20.0. The van der Waals surface area contributed by atoms with Crippen molar-refractivity contribution in [2.24, 2.45) is 0 Å². The maximum absolute atomic E-state index is 11.3. The molecule has 96 valence electrons. The van der Waals surface area contributed by atoms with Gasteiger partial charge in [0.1, 0.15) is 16.4 Å². The van der Waals surface area contributed by atoms with E-state index in [1.165, 1.54) is 11.8 Å². The molecule has 1 aliphatic carbocycles. The average Bonchev–Trinajstić information content (AvgIpc) is 3.11. The van der Waals surface area contributed by atoms with Crippen molar-refractivity contribution in [3.05, 3.63) is 29.2 Å². The van der Waals surface area contributed by atoms with E-state index < -0.39 is 5.97 Å². The van der Waals surface area contributed by atoms with Crippen LogP contribution in [-0.4, -0.2) is 26.8 Å². The second kappa shape index (κ2) is 5.52. The summed E-state index contributed by atoms with van der Waals surface area (Å²) >= 11 is 1.45. The topological polar surface area (TPSA) is 63.1 Å². The van der Waals surface area contributed by atoms with Crippen LogP contribution in [0.2, 0.25) is 0 Å². The van der Waals surface area contributed by atoms with Crippen molar-refractivity contribution in [1.82, 2.24) is 9.97 Å². The summed E-state index contributed by atoms with van der Waals surface area (Å²) in [5.41, 5.74) is 0.816. The zero-order chi connectivity index (χ0) is 13.1. The Morgan fingerprint density at radius 3 is 2.78 bits per heavy atom. The molecule has 0 spiro atoms. The molecular formula is C13H16N2O2S. The monoisotopic (exact) mass is 264 g/mol. The van der Waals surface area contributed by atoms with E-state index in [4.69, 9.17) is 0 Å². The highest BCUT2D eigenvalue weighted by Gasteiger charge is 2.29. The minimum absolute atomic E-state index is 0.244. The fraction of sp³-hybridized carbons (Fsp3) is 0.462. The molecule has 1 saturated carbocycles. The smallest absolute Gasteiger partial charge is 0.340 e. The van der Waals surface area contributed by atoms with Gasteiger partial charge >= 0.3 is 5.97 Å². The van der Waals surface area contributed by atoms with Gasteiger partial charge in [-0.2, -0.15) is 0 Å². The van der Waals surface area contributed by atoms with Gasteiger partial charge in [0.05, 0.1) is 5.69 Å². The second-order valence-electron chi connectivity index (χ2n) is 4.31. The van der Waals surface area contributed by atoms with Crippen LogP contribution in [0.3, 0.4) is 0 Å². The molecule has 0 radical (unpaired) electrons. The van der Waals surface area contributed by atoms with Gasteiger partial charge in [0.25, 0.3) is 0 Å². The molecule has 1 aromatic heterocycles. The van der Waals surface area contributed by atoms with E-state index >= 15 is 0 Å². The van der Waals surface area contributed by atoms with Crippen LogP contribution in [0.25, 0.3) is 0 Å². The maximum Gasteiger partial charge on any atom is 0.340 e. The summed E-state index contributed by atoms with van der Waals surface area (Å²) in [5.74, 6) is 1.03. The quantitative estimate of drug-likeness (QED) is 0.503. The first-order valence-electron chi connectivity index (χ1n) is 5.99. The molecule has 2 rings (SSSR count). The maximum atomic E-state index is 11.3. The Morgan fingerprint density at radius 1 is 1.50 bits per heavy atom. The van der Waals surface area contributed by atoms with Crippen LogP contribution in [-0.2, 0) is 0 Å². The molecule has 5 heteroatoms. The Bertz CT molecular complexity index is 496. The number of aromatic nitrogens is 2. The van der Waals surface area contributed by atoms with Crippen molar-refractivity contribution < 1.29 is 9.90 Å². The highest BCUT2D eigenvalue weighted by molar-refractivity contribution is 7.99. The third-order valence-electron chi connectivity index (χ3n) is 2.78. The first-order chi connectivity index (χ1) is 8.63. The molecule has 0 bridgehead atoms. The molecule has 1 fully saturated rings. The molecule has 0 unspecified atom stereocenters. The number of carboxylic acid groups (broad SMARTS) is 1. The number of allylic oxidation sites excluding steroid dienone is 1. The summed E-state index contributed by atoms with van der Waals surface area (Å²) in [6.45, 7) is 3.69. The highest BCUT2D eigenvalue weighted by Crippen LogP contribution is 2.39. The minimum atomic E-state index is -0.946. The van der Waals surface area contributed by atoms with E-state index in [0.717, 1.165) is 24.4 Å². The lowest BCUT2D eigenvalue weighted by Crippen LogP contribution is -2.09. The zero-order valence-electron chi connectivity index (χ0n) is 10.5. The fourth-order valence-electron chi connectivity index (χ4n) is 1.67. The summed E-state index contributed by atoms with van der Waals surface area (Å²) in [7, 11) is 0. The molecule has 4 nitrogen and oxygen atoms in total. The van der Waals surface area contributed by atoms with Crippen molar-refractivity contribution in [3.8, 4) is 0 Å². The summed E-state index contributed by atoms with van der Waals surface area (Å²) in [6, 6.07) is 0. The average molecular weight is 264 g/mol. The predicted molar refractivity (Wildman–Crippen MR) is 71.2 cm³/mol. The van der Waals surface area contributed by atoms with E-state index in [9.17, 15) is 9.90 Å². The summed E-state index contributed by atoms with van der Waals surface area (Å²) in [6.07, 6.45) is 6.17. The van der Waals surface area contributed by atoms with Crippen LogP contribution in [0.5, 0.6) is 0 Å². The number of hydrogen-bond donors (Lipinski definition) is 1. The molecule has 0 aromatic carbocycles. The van der Waals surface area contributed by atoms with Gasteiger partial charge in [0.15, 0.2) is 0 Å². The Balaban J connectivity index is 2.34. The molecule has 0 aliphatic heterocycles. The molecular weight excluding hydrogens is 248 g/mol. The van der Waals surface area contributed by atoms with E-state index in [1.54, 1.807) is 6.92 Å². The standard InChI is InChI=1S/C13H16N2O2S/c1-3-4-7-18-12-10(13(16)17)8(2)14-11(15-12)9-5-6-9/h3-4,9H,5-7H2,1-2H3,(H,16,17)/b4-3+. The fourth-order valence-corrected chi connectivity index (χ4v) is 2.65. The molecule has 1 aromatic rings. The predicted octanol–water partition coefficient (Wildman–Crippen LogP) is 3.03. The number of nitrogens with zero attached hydrogens (tertiary/aromatic N) is 2. The van der Waals surface area contributed by atoms with Gasteiger partial charge in [-0.3, -0.25) is 0 Å². The van der Waals surface area contributed by atoms with E-state index in [0.29, 0.717) is 16.6 Å². The van der Waals surface area contributed by atoms with Crippen molar-refractivity contribution in [2.75, 3.05) is 5.75 Å². The Hall–Kier alpha value is -1.36. The van der Waals surface area contributed by atoms with E-state index in [-0.39, 0.29) is 5.56 Å². The first-order valence-corrected chi connectivity index (χ1v) is 6.97. The van der Waals surface area contributed by atoms with Gasteiger partial charge < -0.3 is 5.11 Å². The van der Waals surface area contributed by atoms with Crippen LogP contribution in [0.15, 0.2) is 17.2 Å². The highest BCUT2D eigenvalue weighted by atomic mass is 32.2. The Labute approximate surface area is 111 Å². The lowest BCUT2D eigenvalue weighted by Gasteiger charge is -2.08. The lowest BCUT2D eigenvalue weighted by atomic mass is 10.2. The van der Waals surface area contributed by atoms with E-state index in [1.807, 2.05) is 19.1 Å². The van der Waals surface area contributed by atoms with Gasteiger partial charge in [-0.25, -0.2) is 14.8 Å². The van der Waals surface area contributed by atoms with Crippen molar-refractivity contribution in [1.29, 1.82) is 0 Å². The number of carboxylic acids is 1. The normalized spacial score (nSPS) is 15.2. The van der Waals surface area contributed by atoms with Crippen LogP contribution in [0.1, 0.15) is 47.6 Å². The molecule has 1 aliphatic rings. The Morgan fingerprint density at radius 2 is 2.22 bits per heavy atom. The lowest BCUT2D eigenvalue weighted by molar-refractivity contribution is 0.0690. The van der Waals surface area contributed by atoms with Crippen LogP contribution >= 0.6 is 11.8 Å². The number of thioether (sulfide) groups is 1. The molecule has 0 saturated heterocycles. The van der Waals surface area contributed by atoms with Crippen molar-refractivity contribution >= 4 is 17.7 Å². The van der Waals surface area contributed by atoms with Crippen molar-refractivity contribution in [2.45, 2.75) is 37.6 Å². The molecule has 0 amide bonds. The number of carbonyl (C=O) groups is 1. The van der Waals surface area contributed by atoms with E-state index in [2.05, 4.69) is 9.97 Å². The Kier molecular flexibility index (Phi) is 4.01. The number of aryl methyl sites for hydroxylation is 1. The van der Waals surface area contributed by atoms with Gasteiger partial charge in [0.2, 0.25) is 0 Å². The molecule has 0 atom stereocenters. The van der Waals surface area contributed by atoms with Crippen molar-refractivity contribution in [3.63, 3.8) is 0 Å². The number of hydrogen-bond acceptors (Lipinski definition) is 4. The first kappa shape index (κ1) is 13.1. The van der Waals surface area contributed by atoms with Gasteiger partial charge in [-0.1, -0.05) is 12.2 Å². The number of aromatic carboxylic acids is 1. The zero-order valence-corrected chi connectivity index (χ0v) is 11.3. The summed E-state index contributed by atoms with van der Waals surface area (Å²) in [5, 5.41) is 9.83. The van der Waals surface area contributed by atoms with Gasteiger partial charge in [-0.15, -0.1) is 11.8 Å².